The minimum Gasteiger partial charge on any atom is -0.494 e. The quantitative estimate of drug-likeness (QED) is 0.351. The van der Waals surface area contributed by atoms with Crippen molar-refractivity contribution in [2.75, 3.05) is 6.61 Å². The maximum atomic E-state index is 12.9. The van der Waals surface area contributed by atoms with Crippen LogP contribution in [-0.2, 0) is 4.79 Å². The van der Waals surface area contributed by atoms with Gasteiger partial charge in [-0.25, -0.2) is 4.68 Å². The van der Waals surface area contributed by atoms with Gasteiger partial charge in [-0.1, -0.05) is 44.4 Å². The first kappa shape index (κ1) is 23.3. The number of nitriles is 1. The standard InChI is InChI=1S/C28H30N4O2/c1-2-17-34-26-15-13-21(14-16-26)27-23(20-32(31-27)25-11-7-4-8-12-25)18-22(19-29)28(33)30-24-9-5-3-6-10-24/h4,7-8,11-16,18,20,24H,2-3,5-6,9-10,17H2,1H3,(H,30,33)/b22-18+. The summed E-state index contributed by atoms with van der Waals surface area (Å²) in [6.07, 6.45) is 9.81. The molecule has 6 heteroatoms. The molecule has 1 aliphatic rings. The Labute approximate surface area is 200 Å². The van der Waals surface area contributed by atoms with Gasteiger partial charge in [0.1, 0.15) is 17.4 Å². The Balaban J connectivity index is 1.67. The Hall–Kier alpha value is -3.85. The number of rotatable bonds is 8. The van der Waals surface area contributed by atoms with Crippen molar-refractivity contribution in [3.05, 3.63) is 71.9 Å². The molecule has 0 spiro atoms. The zero-order chi connectivity index (χ0) is 23.8. The summed E-state index contributed by atoms with van der Waals surface area (Å²) < 4.78 is 7.48. The van der Waals surface area contributed by atoms with Crippen molar-refractivity contribution < 1.29 is 9.53 Å². The minimum atomic E-state index is -0.323. The first-order valence-electron chi connectivity index (χ1n) is 12.0. The van der Waals surface area contributed by atoms with E-state index in [2.05, 4.69) is 18.3 Å². The van der Waals surface area contributed by atoms with Crippen LogP contribution in [-0.4, -0.2) is 28.3 Å². The van der Waals surface area contributed by atoms with Crippen LogP contribution in [0, 0.1) is 11.3 Å². The number of nitrogens with zero attached hydrogens (tertiary/aromatic N) is 3. The van der Waals surface area contributed by atoms with Gasteiger partial charge in [0.25, 0.3) is 5.91 Å². The average molecular weight is 455 g/mol. The highest BCUT2D eigenvalue weighted by atomic mass is 16.5. The van der Waals surface area contributed by atoms with Gasteiger partial charge in [0, 0.05) is 23.4 Å². The monoisotopic (exact) mass is 454 g/mol. The third kappa shape index (κ3) is 5.74. The predicted octanol–water partition coefficient (Wildman–Crippen LogP) is 5.68. The van der Waals surface area contributed by atoms with Crippen LogP contribution in [0.1, 0.15) is 51.0 Å². The largest absolute Gasteiger partial charge is 0.494 e. The van der Waals surface area contributed by atoms with E-state index in [9.17, 15) is 10.1 Å². The fourth-order valence-electron chi connectivity index (χ4n) is 4.17. The number of hydrogen-bond donors (Lipinski definition) is 1. The summed E-state index contributed by atoms with van der Waals surface area (Å²) in [5.41, 5.74) is 3.28. The van der Waals surface area contributed by atoms with Gasteiger partial charge in [0.15, 0.2) is 0 Å². The smallest absolute Gasteiger partial charge is 0.262 e. The lowest BCUT2D eigenvalue weighted by atomic mass is 9.95. The highest BCUT2D eigenvalue weighted by Crippen LogP contribution is 2.28. The highest BCUT2D eigenvalue weighted by molar-refractivity contribution is 6.02. The molecule has 1 N–H and O–H groups in total. The lowest BCUT2D eigenvalue weighted by Gasteiger charge is -2.22. The van der Waals surface area contributed by atoms with Crippen LogP contribution in [0.3, 0.4) is 0 Å². The molecule has 1 aliphatic carbocycles. The molecule has 1 saturated carbocycles. The fourth-order valence-corrected chi connectivity index (χ4v) is 4.17. The normalized spacial score (nSPS) is 14.4. The number of benzene rings is 2. The van der Waals surface area contributed by atoms with E-state index in [-0.39, 0.29) is 17.5 Å². The van der Waals surface area contributed by atoms with Crippen LogP contribution in [0.15, 0.2) is 66.4 Å². The van der Waals surface area contributed by atoms with Gasteiger partial charge in [0.05, 0.1) is 18.0 Å². The number of hydrogen-bond acceptors (Lipinski definition) is 4. The molecule has 1 amide bonds. The molecule has 0 bridgehead atoms. The Bertz CT molecular complexity index is 1170. The third-order valence-corrected chi connectivity index (χ3v) is 5.97. The van der Waals surface area contributed by atoms with E-state index in [0.717, 1.165) is 49.1 Å². The molecule has 0 radical (unpaired) electrons. The third-order valence-electron chi connectivity index (χ3n) is 5.97. The summed E-state index contributed by atoms with van der Waals surface area (Å²) in [5.74, 6) is 0.478. The molecule has 174 valence electrons. The molecular formula is C28H30N4O2. The van der Waals surface area contributed by atoms with Crippen molar-refractivity contribution in [3.63, 3.8) is 0 Å². The summed E-state index contributed by atoms with van der Waals surface area (Å²) >= 11 is 0. The number of carbonyl (C=O) groups is 1. The zero-order valence-corrected chi connectivity index (χ0v) is 19.5. The van der Waals surface area contributed by atoms with E-state index in [1.54, 1.807) is 10.8 Å². The second-order valence-corrected chi connectivity index (χ2v) is 8.56. The molecular weight excluding hydrogens is 424 g/mol. The number of ether oxygens (including phenoxy) is 1. The lowest BCUT2D eigenvalue weighted by Crippen LogP contribution is -2.36. The van der Waals surface area contributed by atoms with Gasteiger partial charge in [-0.2, -0.15) is 10.4 Å². The maximum absolute atomic E-state index is 12.9. The van der Waals surface area contributed by atoms with E-state index in [1.165, 1.54) is 6.42 Å². The van der Waals surface area contributed by atoms with E-state index in [0.29, 0.717) is 17.9 Å². The molecule has 6 nitrogen and oxygen atoms in total. The first-order chi connectivity index (χ1) is 16.7. The van der Waals surface area contributed by atoms with Gasteiger partial charge in [-0.05, 0) is 61.7 Å². The Morgan fingerprint density at radius 1 is 1.15 bits per heavy atom. The highest BCUT2D eigenvalue weighted by Gasteiger charge is 2.19. The molecule has 2 aromatic carbocycles. The summed E-state index contributed by atoms with van der Waals surface area (Å²) in [6.45, 7) is 2.73. The summed E-state index contributed by atoms with van der Waals surface area (Å²) in [5, 5.41) is 17.6. The van der Waals surface area contributed by atoms with Crippen molar-refractivity contribution in [1.82, 2.24) is 15.1 Å². The van der Waals surface area contributed by atoms with Gasteiger partial charge < -0.3 is 10.1 Å². The van der Waals surface area contributed by atoms with Crippen molar-refractivity contribution in [2.24, 2.45) is 0 Å². The van der Waals surface area contributed by atoms with Gasteiger partial charge in [-0.3, -0.25) is 4.79 Å². The molecule has 1 fully saturated rings. The molecule has 34 heavy (non-hydrogen) atoms. The van der Waals surface area contributed by atoms with E-state index in [4.69, 9.17) is 9.84 Å². The molecule has 0 saturated heterocycles. The second kappa shape index (κ2) is 11.3. The minimum absolute atomic E-state index is 0.0855. The molecule has 1 aromatic heterocycles. The first-order valence-corrected chi connectivity index (χ1v) is 12.0. The number of nitrogens with one attached hydrogen (secondary N) is 1. The Kier molecular flexibility index (Phi) is 7.77. The molecule has 3 aromatic rings. The van der Waals surface area contributed by atoms with Gasteiger partial charge in [-0.15, -0.1) is 0 Å². The molecule has 0 unspecified atom stereocenters. The van der Waals surface area contributed by atoms with Crippen LogP contribution in [0.4, 0.5) is 0 Å². The van der Waals surface area contributed by atoms with Crippen molar-refractivity contribution in [3.8, 4) is 28.8 Å². The van der Waals surface area contributed by atoms with Crippen LogP contribution in [0.25, 0.3) is 23.0 Å². The topological polar surface area (TPSA) is 79.9 Å². The van der Waals surface area contributed by atoms with Crippen molar-refractivity contribution in [1.29, 1.82) is 5.26 Å². The summed E-state index contributed by atoms with van der Waals surface area (Å²) in [7, 11) is 0. The number of para-hydroxylation sites is 1. The number of amides is 1. The van der Waals surface area contributed by atoms with Crippen LogP contribution < -0.4 is 10.1 Å². The number of carbonyl (C=O) groups excluding carboxylic acids is 1. The SMILES string of the molecule is CCCOc1ccc(-c2nn(-c3ccccc3)cc2/C=C(\C#N)C(=O)NC2CCCCC2)cc1. The summed E-state index contributed by atoms with van der Waals surface area (Å²) in [4.78, 5) is 12.9. The molecule has 0 atom stereocenters. The fraction of sp³-hybridized carbons (Fsp3) is 0.321. The van der Waals surface area contributed by atoms with Gasteiger partial charge >= 0.3 is 0 Å². The van der Waals surface area contributed by atoms with E-state index >= 15 is 0 Å². The van der Waals surface area contributed by atoms with Crippen molar-refractivity contribution in [2.45, 2.75) is 51.5 Å². The average Bonchev–Trinajstić information content (AvgIpc) is 3.31. The lowest BCUT2D eigenvalue weighted by molar-refractivity contribution is -0.117. The molecule has 4 rings (SSSR count). The second-order valence-electron chi connectivity index (χ2n) is 8.56. The summed E-state index contributed by atoms with van der Waals surface area (Å²) in [6, 6.07) is 19.8. The predicted molar refractivity (Wildman–Crippen MR) is 133 cm³/mol. The maximum Gasteiger partial charge on any atom is 0.262 e. The van der Waals surface area contributed by atoms with Crippen LogP contribution >= 0.6 is 0 Å². The van der Waals surface area contributed by atoms with Crippen LogP contribution in [0.2, 0.25) is 0 Å². The van der Waals surface area contributed by atoms with E-state index < -0.39 is 0 Å². The van der Waals surface area contributed by atoms with Crippen LogP contribution in [0.5, 0.6) is 5.75 Å². The van der Waals surface area contributed by atoms with E-state index in [1.807, 2.05) is 60.8 Å². The number of aromatic nitrogens is 2. The molecule has 0 aliphatic heterocycles. The molecule has 1 heterocycles. The Morgan fingerprint density at radius 3 is 2.56 bits per heavy atom. The zero-order valence-electron chi connectivity index (χ0n) is 19.5. The van der Waals surface area contributed by atoms with Gasteiger partial charge in [0.2, 0.25) is 0 Å². The Morgan fingerprint density at radius 2 is 1.88 bits per heavy atom. The van der Waals surface area contributed by atoms with Crippen molar-refractivity contribution >= 4 is 12.0 Å².